The van der Waals surface area contributed by atoms with Crippen LogP contribution in [0.1, 0.15) is 44.2 Å². The highest BCUT2D eigenvalue weighted by atomic mass is 19.3. The van der Waals surface area contributed by atoms with Crippen LogP contribution in [0.2, 0.25) is 0 Å². The number of carbonyl (C=O) groups excluding carboxylic acids is 1. The van der Waals surface area contributed by atoms with E-state index in [4.69, 9.17) is 9.47 Å². The van der Waals surface area contributed by atoms with E-state index in [2.05, 4.69) is 20.4 Å². The van der Waals surface area contributed by atoms with Gasteiger partial charge in [0.15, 0.2) is 0 Å². The van der Waals surface area contributed by atoms with Crippen molar-refractivity contribution >= 4 is 11.9 Å². The molecule has 0 unspecified atom stereocenters. The van der Waals surface area contributed by atoms with E-state index in [0.29, 0.717) is 43.3 Å². The van der Waals surface area contributed by atoms with Gasteiger partial charge in [-0.1, -0.05) is 0 Å². The van der Waals surface area contributed by atoms with Gasteiger partial charge in [-0.2, -0.15) is 15.1 Å². The first-order valence-corrected chi connectivity index (χ1v) is 10.8. The molecule has 2 aromatic rings. The van der Waals surface area contributed by atoms with E-state index in [9.17, 15) is 13.6 Å². The second kappa shape index (κ2) is 8.87. The monoisotopic (exact) mass is 450 g/mol. The van der Waals surface area contributed by atoms with Crippen molar-refractivity contribution in [3.8, 4) is 11.8 Å². The Kier molecular flexibility index (Phi) is 6.16. The first-order chi connectivity index (χ1) is 15.2. The van der Waals surface area contributed by atoms with Crippen LogP contribution in [0, 0.1) is 6.92 Å². The number of alkyl halides is 2. The second-order valence-corrected chi connectivity index (χ2v) is 8.51. The van der Waals surface area contributed by atoms with E-state index < -0.39 is 5.92 Å². The first kappa shape index (κ1) is 22.2. The summed E-state index contributed by atoms with van der Waals surface area (Å²) in [4.78, 5) is 22.2. The molecule has 1 amide bonds. The summed E-state index contributed by atoms with van der Waals surface area (Å²) in [6.07, 6.45) is 3.05. The lowest BCUT2D eigenvalue weighted by Gasteiger charge is -2.39. The van der Waals surface area contributed by atoms with Gasteiger partial charge in [0.25, 0.3) is 5.95 Å². The summed E-state index contributed by atoms with van der Waals surface area (Å²) in [5.41, 5.74) is 0.816. The Bertz CT molecular complexity index is 953. The van der Waals surface area contributed by atoms with Crippen LogP contribution < -0.4 is 10.1 Å². The Balaban J connectivity index is 1.47. The number of halogens is 2. The molecule has 2 fully saturated rings. The van der Waals surface area contributed by atoms with Gasteiger partial charge in [0.2, 0.25) is 11.8 Å². The molecule has 0 spiro atoms. The Labute approximate surface area is 185 Å². The Hall–Kier alpha value is -2.98. The number of nitrogens with one attached hydrogen (secondary N) is 1. The highest BCUT2D eigenvalue weighted by Gasteiger charge is 2.37. The predicted molar refractivity (Wildman–Crippen MR) is 112 cm³/mol. The van der Waals surface area contributed by atoms with E-state index in [1.54, 1.807) is 28.9 Å². The Morgan fingerprint density at radius 2 is 2.00 bits per heavy atom. The fourth-order valence-electron chi connectivity index (χ4n) is 3.98. The molecule has 174 valence electrons. The lowest BCUT2D eigenvalue weighted by atomic mass is 9.88. The summed E-state index contributed by atoms with van der Waals surface area (Å²) >= 11 is 0. The van der Waals surface area contributed by atoms with Gasteiger partial charge in [-0.3, -0.25) is 0 Å². The zero-order valence-corrected chi connectivity index (χ0v) is 18.4. The third kappa shape index (κ3) is 5.08. The van der Waals surface area contributed by atoms with Crippen LogP contribution in [0.3, 0.4) is 0 Å². The zero-order valence-electron chi connectivity index (χ0n) is 18.4. The van der Waals surface area contributed by atoms with Crippen molar-refractivity contribution in [3.05, 3.63) is 24.0 Å². The van der Waals surface area contributed by atoms with Crippen molar-refractivity contribution in [1.29, 1.82) is 0 Å². The molecule has 0 radical (unpaired) electrons. The number of hydrogen-bond donors (Lipinski definition) is 1. The molecule has 0 bridgehead atoms. The number of nitrogens with zero attached hydrogens (tertiary/aromatic N) is 5. The summed E-state index contributed by atoms with van der Waals surface area (Å²) in [6, 6.07) is 3.48. The fourth-order valence-corrected chi connectivity index (χ4v) is 3.98. The summed E-state index contributed by atoms with van der Waals surface area (Å²) in [5.74, 6) is -1.37. The average Bonchev–Trinajstić information content (AvgIpc) is 3.17. The number of ether oxygens (including phenoxy) is 2. The maximum atomic E-state index is 13.5. The first-order valence-electron chi connectivity index (χ1n) is 10.8. The molecular formula is C21H28F2N6O3. The minimum Gasteiger partial charge on any atom is -0.474 e. The lowest BCUT2D eigenvalue weighted by Crippen LogP contribution is -2.49. The van der Waals surface area contributed by atoms with Crippen LogP contribution in [-0.2, 0) is 4.74 Å². The molecule has 2 saturated carbocycles. The molecule has 1 N–H and O–H groups in total. The van der Waals surface area contributed by atoms with Crippen molar-refractivity contribution in [2.45, 2.75) is 69.6 Å². The van der Waals surface area contributed by atoms with Gasteiger partial charge in [-0.15, -0.1) is 0 Å². The van der Waals surface area contributed by atoms with Crippen molar-refractivity contribution in [2.75, 3.05) is 19.5 Å². The molecule has 0 aliphatic heterocycles. The fraction of sp³-hybridized carbons (Fsp3) is 0.619. The number of carbonyl (C=O) groups is 1. The molecule has 9 nitrogen and oxygen atoms in total. The SMILES string of the molecule is COC(=O)N(C)C1CC(Oc2cc(NC3CCC(F)(F)CC3)nc(-n3ccc(C)n3)n2)C1. The predicted octanol–water partition coefficient (Wildman–Crippen LogP) is 3.57. The maximum Gasteiger partial charge on any atom is 0.409 e. The van der Waals surface area contributed by atoms with Gasteiger partial charge in [0, 0.05) is 57.1 Å². The largest absolute Gasteiger partial charge is 0.474 e. The van der Waals surface area contributed by atoms with Gasteiger partial charge in [-0.25, -0.2) is 18.3 Å². The highest BCUT2D eigenvalue weighted by molar-refractivity contribution is 5.67. The van der Waals surface area contributed by atoms with E-state index in [1.165, 1.54) is 7.11 Å². The van der Waals surface area contributed by atoms with Gasteiger partial charge >= 0.3 is 6.09 Å². The number of anilines is 1. The smallest absolute Gasteiger partial charge is 0.409 e. The highest BCUT2D eigenvalue weighted by Crippen LogP contribution is 2.35. The van der Waals surface area contributed by atoms with Crippen LogP contribution in [0.25, 0.3) is 5.95 Å². The molecule has 2 heterocycles. The maximum absolute atomic E-state index is 13.5. The van der Waals surface area contributed by atoms with Gasteiger partial charge < -0.3 is 19.7 Å². The third-order valence-electron chi connectivity index (χ3n) is 6.05. The molecule has 4 rings (SSSR count). The summed E-state index contributed by atoms with van der Waals surface area (Å²) < 4.78 is 39.3. The molecule has 0 atom stereocenters. The number of aromatic nitrogens is 4. The van der Waals surface area contributed by atoms with E-state index in [0.717, 1.165) is 5.69 Å². The van der Waals surface area contributed by atoms with Crippen LogP contribution in [0.4, 0.5) is 19.4 Å². The van der Waals surface area contributed by atoms with Crippen LogP contribution in [0.15, 0.2) is 18.3 Å². The molecule has 2 aliphatic carbocycles. The van der Waals surface area contributed by atoms with Crippen LogP contribution >= 0.6 is 0 Å². The van der Waals surface area contributed by atoms with Gasteiger partial charge in [0.1, 0.15) is 11.9 Å². The van der Waals surface area contributed by atoms with Crippen molar-refractivity contribution in [2.24, 2.45) is 0 Å². The van der Waals surface area contributed by atoms with E-state index in [1.807, 2.05) is 13.0 Å². The third-order valence-corrected chi connectivity index (χ3v) is 6.05. The van der Waals surface area contributed by atoms with Gasteiger partial charge in [-0.05, 0) is 25.8 Å². The average molecular weight is 450 g/mol. The summed E-state index contributed by atoms with van der Waals surface area (Å²) in [6.45, 7) is 1.87. The summed E-state index contributed by atoms with van der Waals surface area (Å²) in [5, 5.41) is 7.62. The molecule has 0 aromatic carbocycles. The molecule has 32 heavy (non-hydrogen) atoms. The molecule has 2 aliphatic rings. The molecule has 0 saturated heterocycles. The topological polar surface area (TPSA) is 94.4 Å². The standard InChI is InChI=1S/C21H28F2N6O3/c1-13-6-9-29(27-13)19-25-17(24-14-4-7-21(22,23)8-5-14)12-18(26-19)32-16-10-15(11-16)28(2)20(30)31-3/h6,9,12,14-16H,4-5,7-8,10-11H2,1-3H3,(H,24,25,26). The quantitative estimate of drug-likeness (QED) is 0.719. The number of methoxy groups -OCH3 is 1. The Morgan fingerprint density at radius 1 is 1.28 bits per heavy atom. The summed E-state index contributed by atoms with van der Waals surface area (Å²) in [7, 11) is 3.05. The molecule has 11 heteroatoms. The van der Waals surface area contributed by atoms with Crippen LogP contribution in [0.5, 0.6) is 5.88 Å². The van der Waals surface area contributed by atoms with E-state index >= 15 is 0 Å². The van der Waals surface area contributed by atoms with Crippen molar-refractivity contribution < 1.29 is 23.0 Å². The lowest BCUT2D eigenvalue weighted by molar-refractivity contribution is -0.0361. The Morgan fingerprint density at radius 3 is 2.62 bits per heavy atom. The number of rotatable bonds is 6. The van der Waals surface area contributed by atoms with E-state index in [-0.39, 0.29) is 37.1 Å². The number of aryl methyl sites for hydroxylation is 1. The zero-order chi connectivity index (χ0) is 22.9. The number of amides is 1. The van der Waals surface area contributed by atoms with Crippen molar-refractivity contribution in [1.82, 2.24) is 24.6 Å². The van der Waals surface area contributed by atoms with Gasteiger partial charge in [0.05, 0.1) is 12.8 Å². The minimum atomic E-state index is -2.59. The minimum absolute atomic E-state index is 0.0454. The second-order valence-electron chi connectivity index (χ2n) is 8.51. The van der Waals surface area contributed by atoms with Crippen LogP contribution in [-0.4, -0.2) is 69.0 Å². The number of hydrogen-bond acceptors (Lipinski definition) is 7. The molecule has 2 aromatic heterocycles. The molecular weight excluding hydrogens is 422 g/mol. The van der Waals surface area contributed by atoms with Crippen molar-refractivity contribution in [3.63, 3.8) is 0 Å². The normalized spacial score (nSPS) is 22.7.